The zero-order chi connectivity index (χ0) is 9.40. The summed E-state index contributed by atoms with van der Waals surface area (Å²) in [5.74, 6) is 0.899. The third-order valence-electron chi connectivity index (χ3n) is 2.70. The molecule has 0 spiro atoms. The van der Waals surface area contributed by atoms with Gasteiger partial charge in [0, 0.05) is 0 Å². The monoisotopic (exact) mass is 168 g/mol. The van der Waals surface area contributed by atoms with Gasteiger partial charge in [-0.2, -0.15) is 0 Å². The van der Waals surface area contributed by atoms with E-state index in [1.807, 2.05) is 0 Å². The summed E-state index contributed by atoms with van der Waals surface area (Å²) < 4.78 is 0. The first kappa shape index (κ1) is 11.7. The summed E-state index contributed by atoms with van der Waals surface area (Å²) in [6, 6.07) is 0. The van der Waals surface area contributed by atoms with E-state index in [2.05, 4.69) is 33.8 Å². The SMILES string of the molecule is CCC(=CCCC(C)CC)CC. The van der Waals surface area contributed by atoms with Gasteiger partial charge >= 0.3 is 0 Å². The molecule has 0 N–H and O–H groups in total. The third-order valence-corrected chi connectivity index (χ3v) is 2.70. The molecule has 0 radical (unpaired) electrons. The van der Waals surface area contributed by atoms with Gasteiger partial charge in [-0.15, -0.1) is 0 Å². The zero-order valence-corrected chi connectivity index (χ0v) is 9.19. The van der Waals surface area contributed by atoms with Crippen LogP contribution >= 0.6 is 0 Å². The van der Waals surface area contributed by atoms with Crippen LogP contribution < -0.4 is 0 Å². The molecule has 0 aromatic heterocycles. The molecule has 1 unspecified atom stereocenters. The highest BCUT2D eigenvalue weighted by Crippen LogP contribution is 2.13. The van der Waals surface area contributed by atoms with Crippen molar-refractivity contribution < 1.29 is 0 Å². The molecule has 0 bridgehead atoms. The summed E-state index contributed by atoms with van der Waals surface area (Å²) in [4.78, 5) is 0. The highest BCUT2D eigenvalue weighted by molar-refractivity contribution is 4.99. The predicted molar refractivity (Wildman–Crippen MR) is 57.4 cm³/mol. The van der Waals surface area contributed by atoms with Crippen molar-refractivity contribution in [3.63, 3.8) is 0 Å². The first-order chi connectivity index (χ1) is 5.74. The molecule has 0 heteroatoms. The predicted octanol–water partition coefficient (Wildman–Crippen LogP) is 4.56. The molecule has 12 heavy (non-hydrogen) atoms. The number of rotatable bonds is 6. The Morgan fingerprint density at radius 2 is 1.75 bits per heavy atom. The van der Waals surface area contributed by atoms with Crippen LogP contribution in [0.25, 0.3) is 0 Å². The van der Waals surface area contributed by atoms with Gasteiger partial charge in [-0.25, -0.2) is 0 Å². The first-order valence-electron chi connectivity index (χ1n) is 5.42. The highest BCUT2D eigenvalue weighted by Gasteiger charge is 1.96. The number of hydrogen-bond donors (Lipinski definition) is 0. The van der Waals surface area contributed by atoms with Crippen molar-refractivity contribution in [2.45, 2.75) is 59.8 Å². The van der Waals surface area contributed by atoms with Crippen LogP contribution in [0.5, 0.6) is 0 Å². The molecule has 0 aliphatic carbocycles. The summed E-state index contributed by atoms with van der Waals surface area (Å²) in [6.07, 6.45) is 8.87. The van der Waals surface area contributed by atoms with Gasteiger partial charge in [0.15, 0.2) is 0 Å². The third kappa shape index (κ3) is 5.40. The van der Waals surface area contributed by atoms with Gasteiger partial charge < -0.3 is 0 Å². The molecule has 0 aromatic rings. The van der Waals surface area contributed by atoms with E-state index in [9.17, 15) is 0 Å². The Balaban J connectivity index is 3.57. The van der Waals surface area contributed by atoms with Crippen LogP contribution in [0.3, 0.4) is 0 Å². The molecule has 0 fully saturated rings. The summed E-state index contributed by atoms with van der Waals surface area (Å²) in [5, 5.41) is 0. The summed E-state index contributed by atoms with van der Waals surface area (Å²) in [6.45, 7) is 9.11. The molecular weight excluding hydrogens is 144 g/mol. The second-order valence-electron chi connectivity index (χ2n) is 3.66. The molecule has 72 valence electrons. The van der Waals surface area contributed by atoms with Gasteiger partial charge in [0.2, 0.25) is 0 Å². The van der Waals surface area contributed by atoms with E-state index in [1.165, 1.54) is 32.1 Å². The normalized spacial score (nSPS) is 12.7. The minimum absolute atomic E-state index is 0.899. The largest absolute Gasteiger partial charge is 0.0853 e. The van der Waals surface area contributed by atoms with E-state index in [4.69, 9.17) is 0 Å². The zero-order valence-electron chi connectivity index (χ0n) is 9.19. The fourth-order valence-corrected chi connectivity index (χ4v) is 1.31. The molecule has 0 aliphatic rings. The van der Waals surface area contributed by atoms with Crippen molar-refractivity contribution in [1.29, 1.82) is 0 Å². The van der Waals surface area contributed by atoms with E-state index in [1.54, 1.807) is 5.57 Å². The van der Waals surface area contributed by atoms with Crippen LogP contribution in [0.2, 0.25) is 0 Å². The van der Waals surface area contributed by atoms with Gasteiger partial charge in [-0.1, -0.05) is 45.8 Å². The van der Waals surface area contributed by atoms with Crippen molar-refractivity contribution in [1.82, 2.24) is 0 Å². The molecule has 0 saturated carbocycles. The Hall–Kier alpha value is -0.260. The molecule has 0 nitrogen and oxygen atoms in total. The fourth-order valence-electron chi connectivity index (χ4n) is 1.31. The lowest BCUT2D eigenvalue weighted by Gasteiger charge is -2.06. The topological polar surface area (TPSA) is 0 Å². The molecule has 0 rings (SSSR count). The van der Waals surface area contributed by atoms with Crippen LogP contribution in [0, 0.1) is 5.92 Å². The molecule has 0 aliphatic heterocycles. The Kier molecular flexibility index (Phi) is 7.23. The van der Waals surface area contributed by atoms with Gasteiger partial charge in [-0.3, -0.25) is 0 Å². The lowest BCUT2D eigenvalue weighted by Crippen LogP contribution is -1.90. The second-order valence-corrected chi connectivity index (χ2v) is 3.66. The minimum atomic E-state index is 0.899. The van der Waals surface area contributed by atoms with Crippen molar-refractivity contribution in [2.75, 3.05) is 0 Å². The Labute approximate surface area is 78.1 Å². The van der Waals surface area contributed by atoms with Crippen molar-refractivity contribution >= 4 is 0 Å². The Bertz CT molecular complexity index is 116. The van der Waals surface area contributed by atoms with Crippen LogP contribution in [0.4, 0.5) is 0 Å². The van der Waals surface area contributed by atoms with Crippen molar-refractivity contribution in [3.05, 3.63) is 11.6 Å². The smallest absolute Gasteiger partial charge is 0.0346 e. The van der Waals surface area contributed by atoms with Gasteiger partial charge in [0.25, 0.3) is 0 Å². The van der Waals surface area contributed by atoms with Gasteiger partial charge in [0.1, 0.15) is 0 Å². The molecule has 0 amide bonds. The first-order valence-corrected chi connectivity index (χ1v) is 5.42. The minimum Gasteiger partial charge on any atom is -0.0853 e. The average Bonchev–Trinajstić information content (AvgIpc) is 2.12. The molecule has 0 saturated heterocycles. The van der Waals surface area contributed by atoms with Gasteiger partial charge in [0.05, 0.1) is 0 Å². The van der Waals surface area contributed by atoms with Crippen LogP contribution in [0.1, 0.15) is 59.8 Å². The Morgan fingerprint density at radius 1 is 1.17 bits per heavy atom. The lowest BCUT2D eigenvalue weighted by atomic mass is 10.0. The number of allylic oxidation sites excluding steroid dienone is 2. The van der Waals surface area contributed by atoms with E-state index < -0.39 is 0 Å². The summed E-state index contributed by atoms with van der Waals surface area (Å²) in [7, 11) is 0. The van der Waals surface area contributed by atoms with E-state index in [0.717, 1.165) is 5.92 Å². The van der Waals surface area contributed by atoms with Crippen molar-refractivity contribution in [2.24, 2.45) is 5.92 Å². The quantitative estimate of drug-likeness (QED) is 0.510. The van der Waals surface area contributed by atoms with Crippen LogP contribution in [0.15, 0.2) is 11.6 Å². The average molecular weight is 168 g/mol. The highest BCUT2D eigenvalue weighted by atomic mass is 14.0. The maximum absolute atomic E-state index is 2.44. The van der Waals surface area contributed by atoms with E-state index >= 15 is 0 Å². The molecular formula is C12H24. The summed E-state index contributed by atoms with van der Waals surface area (Å²) >= 11 is 0. The standard InChI is InChI=1S/C12H24/c1-5-11(4)9-8-10-12(6-2)7-3/h10-11H,5-9H2,1-4H3. The lowest BCUT2D eigenvalue weighted by molar-refractivity contribution is 0.520. The van der Waals surface area contributed by atoms with Gasteiger partial charge in [-0.05, 0) is 31.6 Å². The molecule has 0 aromatic carbocycles. The molecule has 1 atom stereocenters. The maximum atomic E-state index is 2.44. The maximum Gasteiger partial charge on any atom is -0.0346 e. The Morgan fingerprint density at radius 3 is 2.17 bits per heavy atom. The van der Waals surface area contributed by atoms with Crippen LogP contribution in [-0.2, 0) is 0 Å². The van der Waals surface area contributed by atoms with Crippen molar-refractivity contribution in [3.8, 4) is 0 Å². The summed E-state index contributed by atoms with van der Waals surface area (Å²) in [5.41, 5.74) is 1.62. The van der Waals surface area contributed by atoms with E-state index in [0.29, 0.717) is 0 Å². The van der Waals surface area contributed by atoms with E-state index in [-0.39, 0.29) is 0 Å². The second kappa shape index (κ2) is 7.39. The fraction of sp³-hybridized carbons (Fsp3) is 0.833. The van der Waals surface area contributed by atoms with Crippen LogP contribution in [-0.4, -0.2) is 0 Å². The molecule has 0 heterocycles. The number of hydrogen-bond acceptors (Lipinski definition) is 0.